The van der Waals surface area contributed by atoms with Gasteiger partial charge in [0.1, 0.15) is 27.1 Å². The highest BCUT2D eigenvalue weighted by molar-refractivity contribution is 7.20. The zero-order valence-corrected chi connectivity index (χ0v) is 19.6. The zero-order valence-electron chi connectivity index (χ0n) is 18.8. The van der Waals surface area contributed by atoms with Crippen molar-refractivity contribution in [3.8, 4) is 0 Å². The Bertz CT molecular complexity index is 1250. The molecular formula is C23H22B2F3N3O2S. The summed E-state index contributed by atoms with van der Waals surface area (Å²) < 4.78 is 39.7. The number of hydrogen-bond acceptors (Lipinski definition) is 5. The molecule has 3 aromatic rings. The number of nitrogens with zero attached hydrogens (tertiary/aromatic N) is 2. The number of carbonyl (C=O) groups is 1. The van der Waals surface area contributed by atoms with Crippen LogP contribution in [0.15, 0.2) is 18.2 Å². The molecule has 1 aliphatic rings. The molecule has 2 N–H and O–H groups in total. The molecule has 0 aliphatic heterocycles. The van der Waals surface area contributed by atoms with E-state index in [0.717, 1.165) is 42.8 Å². The topological polar surface area (TPSA) is 75.1 Å². The molecule has 2 heterocycles. The van der Waals surface area contributed by atoms with Crippen LogP contribution in [0.2, 0.25) is 0 Å². The van der Waals surface area contributed by atoms with Crippen LogP contribution in [0, 0.1) is 0 Å². The minimum absolute atomic E-state index is 0.0422. The number of hydrogen-bond donors (Lipinski definition) is 2. The number of halogens is 3. The number of carbonyl (C=O) groups excluding carboxylic acids is 1. The molecule has 4 rings (SSSR count). The van der Waals surface area contributed by atoms with Crippen molar-refractivity contribution in [1.82, 2.24) is 9.97 Å². The average Bonchev–Trinajstić information content (AvgIpc) is 3.23. The Labute approximate surface area is 202 Å². The van der Waals surface area contributed by atoms with Crippen molar-refractivity contribution >= 4 is 59.8 Å². The van der Waals surface area contributed by atoms with Gasteiger partial charge < -0.3 is 10.4 Å². The summed E-state index contributed by atoms with van der Waals surface area (Å²) in [7, 11) is 12.9. The molecule has 5 nitrogen and oxygen atoms in total. The highest BCUT2D eigenvalue weighted by atomic mass is 32.1. The van der Waals surface area contributed by atoms with E-state index in [1.807, 2.05) is 0 Å². The van der Waals surface area contributed by atoms with Crippen molar-refractivity contribution in [1.29, 1.82) is 0 Å². The number of amides is 1. The van der Waals surface area contributed by atoms with E-state index in [1.54, 1.807) is 0 Å². The first kappa shape index (κ1) is 24.7. The van der Waals surface area contributed by atoms with Gasteiger partial charge >= 0.3 is 6.18 Å². The molecule has 1 aliphatic carbocycles. The van der Waals surface area contributed by atoms with Crippen molar-refractivity contribution in [2.24, 2.45) is 0 Å². The van der Waals surface area contributed by atoms with Crippen LogP contribution in [0.3, 0.4) is 0 Å². The molecule has 174 valence electrons. The quantitative estimate of drug-likeness (QED) is 0.554. The van der Waals surface area contributed by atoms with Gasteiger partial charge in [0, 0.05) is 21.9 Å². The third kappa shape index (κ3) is 4.73. The van der Waals surface area contributed by atoms with E-state index in [4.69, 9.17) is 20.7 Å². The summed E-state index contributed by atoms with van der Waals surface area (Å²) in [4.78, 5) is 21.1. The van der Waals surface area contributed by atoms with Crippen LogP contribution in [0.25, 0.3) is 10.2 Å². The number of benzene rings is 1. The number of aromatic nitrogens is 2. The molecule has 2 aromatic heterocycles. The van der Waals surface area contributed by atoms with Gasteiger partial charge in [0.25, 0.3) is 5.91 Å². The molecular weight excluding hydrogens is 461 g/mol. The van der Waals surface area contributed by atoms with Gasteiger partial charge in [-0.1, -0.05) is 36.3 Å². The van der Waals surface area contributed by atoms with Gasteiger partial charge in [-0.25, -0.2) is 9.97 Å². The average molecular weight is 483 g/mol. The van der Waals surface area contributed by atoms with E-state index in [9.17, 15) is 23.1 Å². The summed E-state index contributed by atoms with van der Waals surface area (Å²) in [5, 5.41) is 14.3. The maximum atomic E-state index is 13.1. The van der Waals surface area contributed by atoms with Gasteiger partial charge in [-0.3, -0.25) is 4.79 Å². The molecule has 0 bridgehead atoms. The molecule has 4 radical (unpaired) electrons. The first-order valence-corrected chi connectivity index (χ1v) is 11.8. The standard InChI is InChI=1S/C23H22B2F3N3O2S/c1-22(2,33)14-15(24)18-19(34-21(31-18)11-7-4-3-5-8-11)16(25)17(14)30-20(32)12-9-6-10-13(29-12)23(26,27)28/h6,9-11,33H,3-5,7-8H2,1-2H3,(H,30,32). The van der Waals surface area contributed by atoms with E-state index in [2.05, 4.69) is 10.3 Å². The number of fused-ring (bicyclic) bond motifs is 1. The Hall–Kier alpha value is -2.39. The number of pyridine rings is 1. The SMILES string of the molecule is [B]c1c(C(C)(C)O)c(NC(=O)c2cccc(C(F)(F)F)n2)c([B])c2sc(C3CCCCC3)nc12. The van der Waals surface area contributed by atoms with Crippen molar-refractivity contribution in [2.75, 3.05) is 5.32 Å². The second kappa shape index (κ2) is 9.00. The summed E-state index contributed by atoms with van der Waals surface area (Å²) in [6.45, 7) is 2.97. The third-order valence-corrected chi connectivity index (χ3v) is 7.26. The second-order valence-corrected chi connectivity index (χ2v) is 10.1. The maximum Gasteiger partial charge on any atom is 0.433 e. The van der Waals surface area contributed by atoms with E-state index in [1.165, 1.54) is 37.7 Å². The first-order chi connectivity index (χ1) is 15.9. The first-order valence-electron chi connectivity index (χ1n) is 11.0. The molecule has 1 fully saturated rings. The van der Waals surface area contributed by atoms with Crippen molar-refractivity contribution in [3.05, 3.63) is 40.2 Å². The lowest BCUT2D eigenvalue weighted by atomic mass is 9.76. The lowest BCUT2D eigenvalue weighted by molar-refractivity contribution is -0.141. The van der Waals surface area contributed by atoms with E-state index >= 15 is 0 Å². The van der Waals surface area contributed by atoms with Gasteiger partial charge in [-0.15, -0.1) is 11.3 Å². The molecule has 1 saturated carbocycles. The van der Waals surface area contributed by atoms with E-state index < -0.39 is 29.1 Å². The van der Waals surface area contributed by atoms with Crippen LogP contribution in [-0.4, -0.2) is 36.7 Å². The van der Waals surface area contributed by atoms with Crippen LogP contribution < -0.4 is 16.2 Å². The monoisotopic (exact) mass is 483 g/mol. The molecule has 34 heavy (non-hydrogen) atoms. The number of alkyl halides is 3. The van der Waals surface area contributed by atoms with Crippen LogP contribution in [0.5, 0.6) is 0 Å². The summed E-state index contributed by atoms with van der Waals surface area (Å²) in [5.41, 5.74) is -2.19. The fraction of sp³-hybridized carbons (Fsp3) is 0.435. The number of anilines is 1. The molecule has 0 saturated heterocycles. The number of thiazole rings is 1. The number of rotatable bonds is 4. The molecule has 1 aromatic carbocycles. The molecule has 0 unspecified atom stereocenters. The number of nitrogens with one attached hydrogen (secondary N) is 1. The highest BCUT2D eigenvalue weighted by Gasteiger charge is 2.34. The summed E-state index contributed by atoms with van der Waals surface area (Å²) in [6.07, 6.45) is 0.756. The minimum Gasteiger partial charge on any atom is -0.386 e. The number of aliphatic hydroxyl groups is 1. The third-order valence-electron chi connectivity index (χ3n) is 6.01. The van der Waals surface area contributed by atoms with Crippen molar-refractivity contribution < 1.29 is 23.1 Å². The Kier molecular flexibility index (Phi) is 6.54. The van der Waals surface area contributed by atoms with E-state index in [-0.39, 0.29) is 22.2 Å². The lowest BCUT2D eigenvalue weighted by Crippen LogP contribution is -2.34. The van der Waals surface area contributed by atoms with Gasteiger partial charge in [-0.05, 0) is 38.8 Å². The predicted octanol–water partition coefficient (Wildman–Crippen LogP) is 3.83. The molecule has 0 spiro atoms. The minimum atomic E-state index is -4.70. The molecule has 11 heteroatoms. The fourth-order valence-corrected chi connectivity index (χ4v) is 5.60. The van der Waals surface area contributed by atoms with Crippen molar-refractivity contribution in [3.63, 3.8) is 0 Å². The summed E-state index contributed by atoms with van der Waals surface area (Å²) in [6, 6.07) is 3.05. The largest absolute Gasteiger partial charge is 0.433 e. The zero-order chi connectivity index (χ0) is 24.8. The van der Waals surface area contributed by atoms with Crippen LogP contribution in [-0.2, 0) is 11.8 Å². The Morgan fingerprint density at radius 1 is 1.12 bits per heavy atom. The maximum absolute atomic E-state index is 13.1. The Morgan fingerprint density at radius 3 is 2.41 bits per heavy atom. The van der Waals surface area contributed by atoms with Gasteiger partial charge in [-0.2, -0.15) is 13.2 Å². The van der Waals surface area contributed by atoms with E-state index in [0.29, 0.717) is 16.1 Å². The summed E-state index contributed by atoms with van der Waals surface area (Å²) >= 11 is 1.39. The Balaban J connectivity index is 1.81. The summed E-state index contributed by atoms with van der Waals surface area (Å²) in [5.74, 6) is -0.609. The normalized spacial score (nSPS) is 15.6. The van der Waals surface area contributed by atoms with Crippen LogP contribution in [0.4, 0.5) is 18.9 Å². The van der Waals surface area contributed by atoms with Crippen LogP contribution in [0.1, 0.15) is 78.6 Å². The van der Waals surface area contributed by atoms with Gasteiger partial charge in [0.05, 0.1) is 16.1 Å². The second-order valence-electron chi connectivity index (χ2n) is 9.06. The lowest BCUT2D eigenvalue weighted by Gasteiger charge is -2.27. The van der Waals surface area contributed by atoms with Gasteiger partial charge in [0.15, 0.2) is 0 Å². The van der Waals surface area contributed by atoms with Crippen LogP contribution >= 0.6 is 11.3 Å². The fourth-order valence-electron chi connectivity index (χ4n) is 4.39. The molecule has 0 atom stereocenters. The Morgan fingerprint density at radius 2 is 1.79 bits per heavy atom. The van der Waals surface area contributed by atoms with Crippen molar-refractivity contribution in [2.45, 2.75) is 63.6 Å². The predicted molar refractivity (Wildman–Crippen MR) is 129 cm³/mol. The highest BCUT2D eigenvalue weighted by Crippen LogP contribution is 2.38. The smallest absolute Gasteiger partial charge is 0.386 e. The molecule has 1 amide bonds. The van der Waals surface area contributed by atoms with Gasteiger partial charge in [0.2, 0.25) is 0 Å².